The molecule has 1 N–H and O–H groups in total. The zero-order valence-electron chi connectivity index (χ0n) is 10.7. The number of nitrogens with zero attached hydrogens (tertiary/aromatic N) is 1. The molecule has 0 atom stereocenters. The number of aromatic nitrogens is 1. The molecule has 5 heteroatoms. The van der Waals surface area contributed by atoms with Crippen molar-refractivity contribution >= 4 is 27.8 Å². The van der Waals surface area contributed by atoms with Gasteiger partial charge in [0.2, 0.25) is 5.88 Å². The van der Waals surface area contributed by atoms with Gasteiger partial charge in [-0.05, 0) is 42.0 Å². The molecule has 102 valence electrons. The number of benzene rings is 1. The number of pyridine rings is 1. The minimum Gasteiger partial charge on any atom is -0.507 e. The van der Waals surface area contributed by atoms with E-state index in [4.69, 9.17) is 4.74 Å². The highest BCUT2D eigenvalue weighted by Crippen LogP contribution is 2.22. The van der Waals surface area contributed by atoms with Gasteiger partial charge in [-0.3, -0.25) is 4.79 Å². The van der Waals surface area contributed by atoms with Crippen LogP contribution in [0.2, 0.25) is 0 Å². The highest BCUT2D eigenvalue weighted by atomic mass is 79.9. The molecule has 20 heavy (non-hydrogen) atoms. The largest absolute Gasteiger partial charge is 0.507 e. The number of hydrogen-bond donors (Lipinski definition) is 1. The van der Waals surface area contributed by atoms with Crippen LogP contribution in [0.25, 0.3) is 6.08 Å². The van der Waals surface area contributed by atoms with Gasteiger partial charge in [-0.25, -0.2) is 4.98 Å². The van der Waals surface area contributed by atoms with E-state index in [1.54, 1.807) is 36.5 Å². The first-order valence-electron chi connectivity index (χ1n) is 5.81. The highest BCUT2D eigenvalue weighted by molar-refractivity contribution is 9.10. The molecule has 0 bridgehead atoms. The van der Waals surface area contributed by atoms with Gasteiger partial charge in [-0.15, -0.1) is 0 Å². The van der Waals surface area contributed by atoms with Crippen LogP contribution in [0, 0.1) is 0 Å². The molecule has 0 amide bonds. The molecule has 0 radical (unpaired) electrons. The monoisotopic (exact) mass is 333 g/mol. The van der Waals surface area contributed by atoms with Crippen molar-refractivity contribution in [3.8, 4) is 11.6 Å². The standard InChI is InChI=1S/C15H12BrNO3/c1-20-15-7-3-10(9-17-15)2-5-13(18)12-8-11(16)4-6-14(12)19/h2-9,19H,1H3/b5-2+. The van der Waals surface area contributed by atoms with Crippen LogP contribution in [0.5, 0.6) is 11.6 Å². The van der Waals surface area contributed by atoms with E-state index in [-0.39, 0.29) is 17.1 Å². The number of allylic oxidation sites excluding steroid dienone is 1. The van der Waals surface area contributed by atoms with Crippen molar-refractivity contribution in [2.75, 3.05) is 7.11 Å². The third-order valence-corrected chi connectivity index (χ3v) is 3.11. The summed E-state index contributed by atoms with van der Waals surface area (Å²) in [6.45, 7) is 0. The van der Waals surface area contributed by atoms with Gasteiger partial charge in [0.25, 0.3) is 0 Å². The smallest absolute Gasteiger partial charge is 0.212 e. The molecule has 0 unspecified atom stereocenters. The Labute approximate surface area is 124 Å². The number of ketones is 1. The lowest BCUT2D eigenvalue weighted by Gasteiger charge is -2.01. The molecule has 0 aliphatic heterocycles. The first-order valence-corrected chi connectivity index (χ1v) is 6.60. The van der Waals surface area contributed by atoms with E-state index in [2.05, 4.69) is 20.9 Å². The molecule has 1 aromatic heterocycles. The van der Waals surface area contributed by atoms with E-state index in [9.17, 15) is 9.90 Å². The second-order valence-electron chi connectivity index (χ2n) is 3.99. The summed E-state index contributed by atoms with van der Waals surface area (Å²) < 4.78 is 5.69. The van der Waals surface area contributed by atoms with E-state index in [1.807, 2.05) is 0 Å². The summed E-state index contributed by atoms with van der Waals surface area (Å²) in [7, 11) is 1.54. The van der Waals surface area contributed by atoms with Crippen LogP contribution in [0.3, 0.4) is 0 Å². The molecule has 1 aromatic carbocycles. The Morgan fingerprint density at radius 2 is 2.15 bits per heavy atom. The average molecular weight is 334 g/mol. The fourth-order valence-electron chi connectivity index (χ4n) is 1.58. The fraction of sp³-hybridized carbons (Fsp3) is 0.0667. The Balaban J connectivity index is 2.17. The summed E-state index contributed by atoms with van der Waals surface area (Å²) in [5.74, 6) is 0.188. The van der Waals surface area contributed by atoms with Gasteiger partial charge in [0, 0.05) is 16.7 Å². The summed E-state index contributed by atoms with van der Waals surface area (Å²) in [6, 6.07) is 8.22. The highest BCUT2D eigenvalue weighted by Gasteiger charge is 2.08. The van der Waals surface area contributed by atoms with Gasteiger partial charge >= 0.3 is 0 Å². The molecular formula is C15H12BrNO3. The van der Waals surface area contributed by atoms with Crippen LogP contribution >= 0.6 is 15.9 Å². The Morgan fingerprint density at radius 3 is 2.80 bits per heavy atom. The van der Waals surface area contributed by atoms with Crippen LogP contribution in [-0.4, -0.2) is 23.0 Å². The van der Waals surface area contributed by atoms with Gasteiger partial charge in [0.15, 0.2) is 5.78 Å². The third kappa shape index (κ3) is 3.45. The number of phenolic OH excluding ortho intramolecular Hbond substituents is 1. The average Bonchev–Trinajstić information content (AvgIpc) is 2.47. The van der Waals surface area contributed by atoms with Crippen molar-refractivity contribution < 1.29 is 14.6 Å². The van der Waals surface area contributed by atoms with Crippen molar-refractivity contribution in [1.82, 2.24) is 4.98 Å². The number of carbonyl (C=O) groups is 1. The minimum atomic E-state index is -0.278. The van der Waals surface area contributed by atoms with Crippen molar-refractivity contribution in [3.63, 3.8) is 0 Å². The number of phenols is 1. The molecule has 0 fully saturated rings. The number of carbonyl (C=O) groups excluding carboxylic acids is 1. The summed E-state index contributed by atoms with van der Waals surface area (Å²) in [4.78, 5) is 16.0. The summed E-state index contributed by atoms with van der Waals surface area (Å²) >= 11 is 3.27. The number of ether oxygens (including phenoxy) is 1. The van der Waals surface area contributed by atoms with Crippen LogP contribution < -0.4 is 4.74 Å². The van der Waals surface area contributed by atoms with E-state index in [0.717, 1.165) is 10.0 Å². The van der Waals surface area contributed by atoms with E-state index in [0.29, 0.717) is 5.88 Å². The predicted octanol–water partition coefficient (Wildman–Crippen LogP) is 3.45. The maximum atomic E-state index is 12.0. The van der Waals surface area contributed by atoms with Crippen LogP contribution in [0.15, 0.2) is 47.1 Å². The summed E-state index contributed by atoms with van der Waals surface area (Å²) in [5, 5.41) is 9.67. The first-order chi connectivity index (χ1) is 9.60. The van der Waals surface area contributed by atoms with E-state index in [1.165, 1.54) is 19.3 Å². The lowest BCUT2D eigenvalue weighted by Crippen LogP contribution is -1.95. The zero-order chi connectivity index (χ0) is 14.5. The first kappa shape index (κ1) is 14.3. The van der Waals surface area contributed by atoms with Crippen molar-refractivity contribution in [3.05, 3.63) is 58.2 Å². The third-order valence-electron chi connectivity index (χ3n) is 2.62. The van der Waals surface area contributed by atoms with E-state index >= 15 is 0 Å². The quantitative estimate of drug-likeness (QED) is 0.687. The molecule has 0 saturated heterocycles. The van der Waals surface area contributed by atoms with Gasteiger partial charge in [0.05, 0.1) is 12.7 Å². The maximum absolute atomic E-state index is 12.0. The molecule has 0 aliphatic rings. The van der Waals surface area contributed by atoms with Crippen molar-refractivity contribution in [1.29, 1.82) is 0 Å². The normalized spacial score (nSPS) is 10.7. The second kappa shape index (κ2) is 6.34. The van der Waals surface area contributed by atoms with Gasteiger partial charge in [-0.1, -0.05) is 15.9 Å². The molecule has 2 aromatic rings. The lowest BCUT2D eigenvalue weighted by molar-refractivity contribution is 0.104. The molecule has 0 aliphatic carbocycles. The maximum Gasteiger partial charge on any atom is 0.212 e. The topological polar surface area (TPSA) is 59.4 Å². The van der Waals surface area contributed by atoms with Crippen molar-refractivity contribution in [2.45, 2.75) is 0 Å². The van der Waals surface area contributed by atoms with Gasteiger partial charge < -0.3 is 9.84 Å². The molecule has 0 spiro atoms. The Hall–Kier alpha value is -2.14. The summed E-state index contributed by atoms with van der Waals surface area (Å²) in [6.07, 6.45) is 4.63. The Morgan fingerprint density at radius 1 is 1.35 bits per heavy atom. The summed E-state index contributed by atoms with van der Waals surface area (Å²) in [5.41, 5.74) is 1.02. The number of halogens is 1. The Bertz CT molecular complexity index is 651. The van der Waals surface area contributed by atoms with Crippen LogP contribution in [-0.2, 0) is 0 Å². The number of methoxy groups -OCH3 is 1. The molecule has 2 rings (SSSR count). The number of aromatic hydroxyl groups is 1. The van der Waals surface area contributed by atoms with Crippen LogP contribution in [0.1, 0.15) is 15.9 Å². The minimum absolute atomic E-state index is 0.0456. The second-order valence-corrected chi connectivity index (χ2v) is 4.91. The Kier molecular flexibility index (Phi) is 4.53. The van der Waals surface area contributed by atoms with Gasteiger partial charge in [0.1, 0.15) is 5.75 Å². The molecule has 0 saturated carbocycles. The number of rotatable bonds is 4. The zero-order valence-corrected chi connectivity index (χ0v) is 12.3. The molecule has 1 heterocycles. The van der Waals surface area contributed by atoms with Crippen LogP contribution in [0.4, 0.5) is 0 Å². The fourth-order valence-corrected chi connectivity index (χ4v) is 1.94. The molecule has 4 nitrogen and oxygen atoms in total. The van der Waals surface area contributed by atoms with Gasteiger partial charge in [-0.2, -0.15) is 0 Å². The predicted molar refractivity (Wildman–Crippen MR) is 80.0 cm³/mol. The molecular weight excluding hydrogens is 322 g/mol. The SMILES string of the molecule is COc1ccc(/C=C/C(=O)c2cc(Br)ccc2O)cn1. The lowest BCUT2D eigenvalue weighted by atomic mass is 10.1. The van der Waals surface area contributed by atoms with Crippen molar-refractivity contribution in [2.24, 2.45) is 0 Å². The van der Waals surface area contributed by atoms with E-state index < -0.39 is 0 Å². The number of hydrogen-bond acceptors (Lipinski definition) is 4.